The fourth-order valence-corrected chi connectivity index (χ4v) is 2.52. The van der Waals surface area contributed by atoms with E-state index >= 15 is 0 Å². The number of nitro benzene ring substituents is 1. The molecule has 0 aliphatic rings. The molecule has 8 heteroatoms. The van der Waals surface area contributed by atoms with E-state index in [9.17, 15) is 15.2 Å². The molecule has 2 atom stereocenters. The molecule has 2 rings (SSSR count). The second-order valence-corrected chi connectivity index (χ2v) is 6.33. The molecule has 0 fully saturated rings. The molecule has 1 heterocycles. The zero-order valence-electron chi connectivity index (χ0n) is 14.7. The lowest BCUT2D eigenvalue weighted by atomic mass is 10.0. The number of nitrogens with zero attached hydrogens (tertiary/aromatic N) is 3. The molecule has 0 spiro atoms. The van der Waals surface area contributed by atoms with Crippen molar-refractivity contribution in [2.24, 2.45) is 5.92 Å². The van der Waals surface area contributed by atoms with Crippen LogP contribution in [0.5, 0.6) is 0 Å². The molecular weight excluding hydrogens is 324 g/mol. The summed E-state index contributed by atoms with van der Waals surface area (Å²) in [6.07, 6.45) is 1.23. The van der Waals surface area contributed by atoms with Gasteiger partial charge in [0.05, 0.1) is 17.1 Å². The number of nitro groups is 1. The van der Waals surface area contributed by atoms with Gasteiger partial charge in [0, 0.05) is 24.2 Å². The Balaban J connectivity index is 2.12. The molecule has 2 aromatic rings. The Kier molecular flexibility index (Phi) is 6.60. The normalized spacial score (nSPS) is 13.8. The van der Waals surface area contributed by atoms with Crippen LogP contribution in [0.2, 0.25) is 0 Å². The van der Waals surface area contributed by atoms with Crippen LogP contribution in [0.3, 0.4) is 0 Å². The number of nitrogens with one attached hydrogen (secondary N) is 1. The first-order valence-electron chi connectivity index (χ1n) is 8.42. The monoisotopic (exact) mass is 348 g/mol. The third-order valence-electron chi connectivity index (χ3n) is 3.91. The Morgan fingerprint density at radius 2 is 2.00 bits per heavy atom. The van der Waals surface area contributed by atoms with Crippen LogP contribution in [-0.2, 0) is 0 Å². The molecule has 0 bridgehead atoms. The lowest BCUT2D eigenvalue weighted by molar-refractivity contribution is -0.384. The predicted molar refractivity (Wildman–Crippen MR) is 92.9 cm³/mol. The van der Waals surface area contributed by atoms with Crippen molar-refractivity contribution in [2.45, 2.75) is 45.8 Å². The third kappa shape index (κ3) is 5.07. The van der Waals surface area contributed by atoms with Gasteiger partial charge in [0.2, 0.25) is 11.7 Å². The van der Waals surface area contributed by atoms with Crippen LogP contribution in [0.1, 0.15) is 45.5 Å². The highest BCUT2D eigenvalue weighted by Gasteiger charge is 2.23. The lowest BCUT2D eigenvalue weighted by Crippen LogP contribution is -2.33. The maximum Gasteiger partial charge on any atom is 0.269 e. The Labute approximate surface area is 146 Å². The smallest absolute Gasteiger partial charge is 0.269 e. The first-order chi connectivity index (χ1) is 11.9. The topological polar surface area (TPSA) is 114 Å². The first-order valence-corrected chi connectivity index (χ1v) is 8.42. The van der Waals surface area contributed by atoms with Gasteiger partial charge in [-0.3, -0.25) is 10.1 Å². The number of hydrogen-bond acceptors (Lipinski definition) is 7. The van der Waals surface area contributed by atoms with E-state index in [1.165, 1.54) is 12.1 Å². The van der Waals surface area contributed by atoms with E-state index in [1.54, 1.807) is 12.1 Å². The zero-order chi connectivity index (χ0) is 18.4. The van der Waals surface area contributed by atoms with E-state index in [2.05, 4.69) is 15.5 Å². The van der Waals surface area contributed by atoms with E-state index < -0.39 is 11.0 Å². The van der Waals surface area contributed by atoms with Crippen molar-refractivity contribution in [1.82, 2.24) is 15.5 Å². The maximum atomic E-state index is 10.7. The molecule has 2 unspecified atom stereocenters. The SMILES string of the molecule is CCCC(O)CNC(c1nc(-c2ccc([N+](=O)[O-])cc2)no1)C(C)C. The molecule has 1 aromatic carbocycles. The molecule has 25 heavy (non-hydrogen) atoms. The Bertz CT molecular complexity index is 684. The molecule has 8 nitrogen and oxygen atoms in total. The van der Waals surface area contributed by atoms with Crippen LogP contribution in [0.4, 0.5) is 5.69 Å². The fraction of sp³-hybridized carbons (Fsp3) is 0.529. The van der Waals surface area contributed by atoms with Crippen LogP contribution in [0.15, 0.2) is 28.8 Å². The molecule has 0 saturated heterocycles. The number of aliphatic hydroxyl groups is 1. The van der Waals surface area contributed by atoms with Crippen molar-refractivity contribution in [1.29, 1.82) is 0 Å². The highest BCUT2D eigenvalue weighted by molar-refractivity contribution is 5.56. The molecule has 0 amide bonds. The minimum Gasteiger partial charge on any atom is -0.392 e. The average molecular weight is 348 g/mol. The lowest BCUT2D eigenvalue weighted by Gasteiger charge is -2.20. The summed E-state index contributed by atoms with van der Waals surface area (Å²) in [4.78, 5) is 14.7. The molecule has 0 aliphatic carbocycles. The van der Waals surface area contributed by atoms with Crippen LogP contribution >= 0.6 is 0 Å². The van der Waals surface area contributed by atoms with E-state index in [0.717, 1.165) is 12.8 Å². The van der Waals surface area contributed by atoms with Gasteiger partial charge in [-0.1, -0.05) is 32.3 Å². The molecule has 0 radical (unpaired) electrons. The van der Waals surface area contributed by atoms with Crippen LogP contribution in [-0.4, -0.2) is 32.8 Å². The van der Waals surface area contributed by atoms with E-state index in [4.69, 9.17) is 4.52 Å². The van der Waals surface area contributed by atoms with Gasteiger partial charge in [-0.15, -0.1) is 0 Å². The van der Waals surface area contributed by atoms with Crippen LogP contribution in [0.25, 0.3) is 11.4 Å². The Morgan fingerprint density at radius 1 is 1.32 bits per heavy atom. The summed E-state index contributed by atoms with van der Waals surface area (Å²) in [5, 5.41) is 27.9. The quantitative estimate of drug-likeness (QED) is 0.528. The summed E-state index contributed by atoms with van der Waals surface area (Å²) in [5.41, 5.74) is 0.660. The second kappa shape index (κ2) is 8.68. The molecule has 136 valence electrons. The van der Waals surface area contributed by atoms with E-state index in [-0.39, 0.29) is 17.6 Å². The van der Waals surface area contributed by atoms with E-state index in [0.29, 0.717) is 23.8 Å². The van der Waals surface area contributed by atoms with Gasteiger partial charge in [0.15, 0.2) is 0 Å². The van der Waals surface area contributed by atoms with Crippen molar-refractivity contribution in [3.63, 3.8) is 0 Å². The van der Waals surface area contributed by atoms with Gasteiger partial charge in [0.1, 0.15) is 0 Å². The fourth-order valence-electron chi connectivity index (χ4n) is 2.52. The maximum absolute atomic E-state index is 10.7. The van der Waals surface area contributed by atoms with Crippen molar-refractivity contribution in [2.75, 3.05) is 6.54 Å². The number of aromatic nitrogens is 2. The van der Waals surface area contributed by atoms with Crippen LogP contribution in [0, 0.1) is 16.0 Å². The van der Waals surface area contributed by atoms with Crippen molar-refractivity contribution in [3.05, 3.63) is 40.3 Å². The largest absolute Gasteiger partial charge is 0.392 e. The number of aliphatic hydroxyl groups excluding tert-OH is 1. The second-order valence-electron chi connectivity index (χ2n) is 6.33. The summed E-state index contributed by atoms with van der Waals surface area (Å²) in [6, 6.07) is 5.83. The van der Waals surface area contributed by atoms with Gasteiger partial charge in [-0.05, 0) is 24.5 Å². The molecule has 2 N–H and O–H groups in total. The van der Waals surface area contributed by atoms with Gasteiger partial charge < -0.3 is 14.9 Å². The third-order valence-corrected chi connectivity index (χ3v) is 3.91. The minimum absolute atomic E-state index is 0.0131. The van der Waals surface area contributed by atoms with Crippen molar-refractivity contribution in [3.8, 4) is 11.4 Å². The molecule has 1 aromatic heterocycles. The number of non-ortho nitro benzene ring substituents is 1. The molecular formula is C17H24N4O4. The first kappa shape index (κ1) is 19.0. The highest BCUT2D eigenvalue weighted by atomic mass is 16.6. The van der Waals surface area contributed by atoms with Crippen molar-refractivity contribution < 1.29 is 14.6 Å². The van der Waals surface area contributed by atoms with Crippen molar-refractivity contribution >= 4 is 5.69 Å². The predicted octanol–water partition coefficient (Wildman–Crippen LogP) is 3.09. The summed E-state index contributed by atoms with van der Waals surface area (Å²) in [5.74, 6) is 1.01. The summed E-state index contributed by atoms with van der Waals surface area (Å²) in [7, 11) is 0. The summed E-state index contributed by atoms with van der Waals surface area (Å²) in [6.45, 7) is 6.53. The average Bonchev–Trinajstić information content (AvgIpc) is 3.04. The van der Waals surface area contributed by atoms with Gasteiger partial charge in [-0.2, -0.15) is 4.98 Å². The van der Waals surface area contributed by atoms with E-state index in [1.807, 2.05) is 20.8 Å². The summed E-state index contributed by atoms with van der Waals surface area (Å²) < 4.78 is 5.37. The van der Waals surface area contributed by atoms with Gasteiger partial charge in [0.25, 0.3) is 5.69 Å². The molecule has 0 aliphatic heterocycles. The van der Waals surface area contributed by atoms with Crippen LogP contribution < -0.4 is 5.32 Å². The summed E-state index contributed by atoms with van der Waals surface area (Å²) >= 11 is 0. The van der Waals surface area contributed by atoms with Gasteiger partial charge in [-0.25, -0.2) is 0 Å². The Hall–Kier alpha value is -2.32. The number of hydrogen-bond donors (Lipinski definition) is 2. The standard InChI is InChI=1S/C17H24N4O4/c1-4-5-14(22)10-18-15(11(2)3)17-19-16(20-25-17)12-6-8-13(9-7-12)21(23)24/h6-9,11,14-15,18,22H,4-5,10H2,1-3H3. The van der Waals surface area contributed by atoms with Gasteiger partial charge >= 0.3 is 0 Å². The molecule has 0 saturated carbocycles. The zero-order valence-corrected chi connectivity index (χ0v) is 14.7. The number of rotatable bonds is 9. The highest BCUT2D eigenvalue weighted by Crippen LogP contribution is 2.24. The Morgan fingerprint density at radius 3 is 2.56 bits per heavy atom. The minimum atomic E-state index is -0.453. The number of benzene rings is 1.